The van der Waals surface area contributed by atoms with E-state index in [1.807, 2.05) is 60.7 Å². The van der Waals surface area contributed by atoms with Gasteiger partial charge in [0.2, 0.25) is 0 Å². The van der Waals surface area contributed by atoms with Crippen LogP contribution >= 0.6 is 0 Å². The molecule has 22 heavy (non-hydrogen) atoms. The van der Waals surface area contributed by atoms with Crippen LogP contribution in [0, 0.1) is 0 Å². The Hall–Kier alpha value is -2.03. The fraction of sp³-hybridized carbons (Fsp3) is 0.167. The summed E-state index contributed by atoms with van der Waals surface area (Å²) in [5.41, 5.74) is 3.17. The first-order chi connectivity index (χ1) is 10.8. The Bertz CT molecular complexity index is 798. The number of hydrogen-bond acceptors (Lipinski definition) is 3. The van der Waals surface area contributed by atoms with Gasteiger partial charge in [-0.05, 0) is 0 Å². The summed E-state index contributed by atoms with van der Waals surface area (Å²) in [4.78, 5) is 13.2. The molecule has 0 bridgehead atoms. The zero-order valence-corrected chi connectivity index (χ0v) is 13.6. The second-order valence-electron chi connectivity index (χ2n) is 5.50. The Labute approximate surface area is 135 Å². The van der Waals surface area contributed by atoms with Crippen LogP contribution in [0.15, 0.2) is 60.7 Å². The van der Waals surface area contributed by atoms with E-state index in [4.69, 9.17) is 0 Å². The molecular weight excluding hydrogens is 339 g/mol. The van der Waals surface area contributed by atoms with Gasteiger partial charge in [0.1, 0.15) is 0 Å². The summed E-state index contributed by atoms with van der Waals surface area (Å²) in [6.07, 6.45) is 0.687. The number of ketones is 1. The predicted octanol–water partition coefficient (Wildman–Crippen LogP) is 2.57. The van der Waals surface area contributed by atoms with E-state index >= 15 is 0 Å². The molecule has 1 aliphatic rings. The van der Waals surface area contributed by atoms with E-state index in [-0.39, 0.29) is 32.4 Å². The second-order valence-corrected chi connectivity index (χ2v) is 7.15. The van der Waals surface area contributed by atoms with Gasteiger partial charge in [-0.2, -0.15) is 0 Å². The van der Waals surface area contributed by atoms with Crippen molar-refractivity contribution in [2.75, 3.05) is 0 Å². The van der Waals surface area contributed by atoms with E-state index < -0.39 is 0 Å². The average Bonchev–Trinajstić information content (AvgIpc) is 3.04. The van der Waals surface area contributed by atoms with E-state index in [1.165, 1.54) is 0 Å². The standard InChI is InChI=1S/C18H14N2OSe/c21-17-14(12-7-3-1-4-8-12)11-15-18(22-20-19-15)16(17)13-9-5-2-6-10-13/h1-10,14,16H,11H2. The van der Waals surface area contributed by atoms with E-state index in [2.05, 4.69) is 9.19 Å². The third-order valence-corrected chi connectivity index (χ3v) is 5.95. The molecule has 2 atom stereocenters. The maximum absolute atomic E-state index is 13.2. The van der Waals surface area contributed by atoms with Gasteiger partial charge in [0.15, 0.2) is 0 Å². The molecule has 0 spiro atoms. The van der Waals surface area contributed by atoms with Crippen molar-refractivity contribution >= 4 is 20.5 Å². The molecule has 3 aromatic rings. The molecule has 108 valence electrons. The first-order valence-electron chi connectivity index (χ1n) is 7.29. The quantitative estimate of drug-likeness (QED) is 0.665. The number of nitrogens with zero attached hydrogens (tertiary/aromatic N) is 2. The summed E-state index contributed by atoms with van der Waals surface area (Å²) in [6, 6.07) is 20.1. The van der Waals surface area contributed by atoms with E-state index in [1.54, 1.807) is 0 Å². The molecule has 1 heterocycles. The molecule has 0 saturated carbocycles. The Morgan fingerprint density at radius 3 is 2.23 bits per heavy atom. The molecule has 4 heteroatoms. The van der Waals surface area contributed by atoms with Gasteiger partial charge in [-0.3, -0.25) is 0 Å². The number of Topliss-reactive ketones (excluding diaryl/α,β-unsaturated/α-hetero) is 1. The molecule has 0 fully saturated rings. The zero-order chi connectivity index (χ0) is 14.9. The number of hydrogen-bond donors (Lipinski definition) is 0. The third kappa shape index (κ3) is 2.25. The van der Waals surface area contributed by atoms with Crippen LogP contribution in [-0.4, -0.2) is 29.7 Å². The van der Waals surface area contributed by atoms with Crippen molar-refractivity contribution in [1.29, 1.82) is 0 Å². The first kappa shape index (κ1) is 13.6. The molecule has 1 aliphatic carbocycles. The summed E-state index contributed by atoms with van der Waals surface area (Å²) in [6.45, 7) is 0. The summed E-state index contributed by atoms with van der Waals surface area (Å²) in [7, 11) is 0. The average molecular weight is 353 g/mol. The van der Waals surface area contributed by atoms with Gasteiger partial charge < -0.3 is 0 Å². The topological polar surface area (TPSA) is 42.9 Å². The summed E-state index contributed by atoms with van der Waals surface area (Å²) >= 11 is -0.0346. The summed E-state index contributed by atoms with van der Waals surface area (Å²) in [5.74, 6) is -0.00603. The van der Waals surface area contributed by atoms with Gasteiger partial charge in [0.25, 0.3) is 0 Å². The van der Waals surface area contributed by atoms with Gasteiger partial charge in [-0.15, -0.1) is 0 Å². The van der Waals surface area contributed by atoms with Crippen LogP contribution in [0.5, 0.6) is 0 Å². The fourth-order valence-corrected chi connectivity index (χ4v) is 4.84. The second kappa shape index (κ2) is 5.64. The van der Waals surface area contributed by atoms with Crippen molar-refractivity contribution in [3.63, 3.8) is 0 Å². The molecule has 0 saturated heterocycles. The molecule has 0 aliphatic heterocycles. The van der Waals surface area contributed by atoms with Crippen LogP contribution < -0.4 is 0 Å². The first-order valence-corrected chi connectivity index (χ1v) is 8.91. The molecule has 3 nitrogen and oxygen atoms in total. The fourth-order valence-electron chi connectivity index (χ4n) is 3.13. The van der Waals surface area contributed by atoms with Crippen LogP contribution in [0.1, 0.15) is 33.1 Å². The monoisotopic (exact) mass is 354 g/mol. The van der Waals surface area contributed by atoms with Crippen molar-refractivity contribution in [2.45, 2.75) is 18.3 Å². The number of aromatic nitrogens is 2. The molecule has 0 N–H and O–H groups in total. The summed E-state index contributed by atoms with van der Waals surface area (Å²) in [5, 5.41) is 4.32. The van der Waals surface area contributed by atoms with Crippen molar-refractivity contribution in [1.82, 2.24) is 9.19 Å². The van der Waals surface area contributed by atoms with Crippen molar-refractivity contribution in [2.24, 2.45) is 0 Å². The zero-order valence-electron chi connectivity index (χ0n) is 11.8. The molecule has 1 aromatic heterocycles. The SMILES string of the molecule is O=C1C(c2ccccc2)Cc2nn[se]c2C1c1ccccc1. The maximum atomic E-state index is 13.2. The predicted molar refractivity (Wildman–Crippen MR) is 85.2 cm³/mol. The van der Waals surface area contributed by atoms with Crippen LogP contribution in [0.4, 0.5) is 0 Å². The minimum absolute atomic E-state index is 0.0346. The van der Waals surface area contributed by atoms with Crippen molar-refractivity contribution in [3.8, 4) is 0 Å². The Morgan fingerprint density at radius 1 is 0.909 bits per heavy atom. The van der Waals surface area contributed by atoms with Gasteiger partial charge in [-0.25, -0.2) is 0 Å². The van der Waals surface area contributed by atoms with Gasteiger partial charge in [-0.1, -0.05) is 0 Å². The number of carbonyl (C=O) groups excluding carboxylic acids is 1. The molecule has 2 aromatic carbocycles. The molecule has 0 amide bonds. The number of benzene rings is 2. The van der Waals surface area contributed by atoms with Crippen molar-refractivity contribution in [3.05, 3.63) is 81.9 Å². The Balaban J connectivity index is 1.83. The Morgan fingerprint density at radius 2 is 1.55 bits per heavy atom. The molecular formula is C18H14N2OSe. The van der Waals surface area contributed by atoms with E-state index in [0.29, 0.717) is 6.42 Å². The Kier molecular flexibility index (Phi) is 3.49. The number of carbonyl (C=O) groups is 1. The van der Waals surface area contributed by atoms with Crippen LogP contribution in [0.3, 0.4) is 0 Å². The minimum atomic E-state index is -0.176. The third-order valence-electron chi connectivity index (χ3n) is 4.21. The van der Waals surface area contributed by atoms with Crippen LogP contribution in [0.2, 0.25) is 0 Å². The normalized spacial score (nSPS) is 20.6. The van der Waals surface area contributed by atoms with Gasteiger partial charge in [0, 0.05) is 0 Å². The van der Waals surface area contributed by atoms with Crippen LogP contribution in [-0.2, 0) is 11.2 Å². The molecule has 0 radical (unpaired) electrons. The molecule has 2 unspecified atom stereocenters. The number of rotatable bonds is 2. The van der Waals surface area contributed by atoms with Crippen LogP contribution in [0.25, 0.3) is 0 Å². The van der Waals surface area contributed by atoms with Gasteiger partial charge >= 0.3 is 135 Å². The van der Waals surface area contributed by atoms with E-state index in [0.717, 1.165) is 21.3 Å². The number of fused-ring (bicyclic) bond motifs is 1. The van der Waals surface area contributed by atoms with Gasteiger partial charge in [0.05, 0.1) is 0 Å². The summed E-state index contributed by atoms with van der Waals surface area (Å²) < 4.78 is 5.38. The van der Waals surface area contributed by atoms with Crippen molar-refractivity contribution < 1.29 is 4.79 Å². The molecule has 4 rings (SSSR count). The van der Waals surface area contributed by atoms with E-state index in [9.17, 15) is 4.79 Å².